The van der Waals surface area contributed by atoms with Crippen molar-refractivity contribution in [2.45, 2.75) is 25.9 Å². The van der Waals surface area contributed by atoms with Crippen LogP contribution < -0.4 is 5.32 Å². The summed E-state index contributed by atoms with van der Waals surface area (Å²) < 4.78 is 14.5. The molecule has 2 aromatic rings. The molecule has 2 N–H and O–H groups in total. The first kappa shape index (κ1) is 15.0. The van der Waals surface area contributed by atoms with Crippen molar-refractivity contribution < 1.29 is 9.50 Å². The Labute approximate surface area is 126 Å². The molecule has 0 bridgehead atoms. The second-order valence-electron chi connectivity index (χ2n) is 4.89. The van der Waals surface area contributed by atoms with Gasteiger partial charge in [-0.25, -0.2) is 4.39 Å². The summed E-state index contributed by atoms with van der Waals surface area (Å²) in [7, 11) is 0. The first-order valence-electron chi connectivity index (χ1n) is 6.50. The van der Waals surface area contributed by atoms with Gasteiger partial charge in [-0.05, 0) is 49.2 Å². The predicted octanol–water partition coefficient (Wildman–Crippen LogP) is 4.01. The highest BCUT2D eigenvalue weighted by Gasteiger charge is 2.07. The molecule has 2 nitrogen and oxygen atoms in total. The van der Waals surface area contributed by atoms with Crippen LogP contribution in [0.4, 0.5) is 4.39 Å². The molecule has 0 saturated heterocycles. The molecule has 2 aromatic carbocycles. The summed E-state index contributed by atoms with van der Waals surface area (Å²) in [6.07, 6.45) is 0.829. The number of nitrogens with one attached hydrogen (secondary N) is 1. The van der Waals surface area contributed by atoms with E-state index in [4.69, 9.17) is 0 Å². The SMILES string of the molecule is CC(Cc1ccc(O)cc1)NCc1cc(Br)ccc1F. The number of hydrogen-bond donors (Lipinski definition) is 2. The summed E-state index contributed by atoms with van der Waals surface area (Å²) in [5, 5.41) is 12.5. The molecule has 0 aliphatic rings. The normalized spacial score (nSPS) is 12.3. The summed E-state index contributed by atoms with van der Waals surface area (Å²) in [5.74, 6) is 0.0723. The molecule has 0 fully saturated rings. The van der Waals surface area contributed by atoms with Gasteiger partial charge < -0.3 is 10.4 Å². The van der Waals surface area contributed by atoms with E-state index in [0.717, 1.165) is 16.5 Å². The highest BCUT2D eigenvalue weighted by Crippen LogP contribution is 2.16. The highest BCUT2D eigenvalue weighted by atomic mass is 79.9. The van der Waals surface area contributed by atoms with Crippen molar-refractivity contribution in [2.24, 2.45) is 0 Å². The van der Waals surface area contributed by atoms with Crippen molar-refractivity contribution in [3.8, 4) is 5.75 Å². The van der Waals surface area contributed by atoms with Gasteiger partial charge in [0.15, 0.2) is 0 Å². The van der Waals surface area contributed by atoms with E-state index in [9.17, 15) is 9.50 Å². The first-order valence-corrected chi connectivity index (χ1v) is 7.29. The predicted molar refractivity (Wildman–Crippen MR) is 82.2 cm³/mol. The molecule has 0 radical (unpaired) electrons. The molecule has 0 spiro atoms. The molecule has 0 aromatic heterocycles. The van der Waals surface area contributed by atoms with Crippen LogP contribution in [0.25, 0.3) is 0 Å². The maximum Gasteiger partial charge on any atom is 0.127 e. The van der Waals surface area contributed by atoms with Crippen LogP contribution in [-0.4, -0.2) is 11.1 Å². The van der Waals surface area contributed by atoms with E-state index >= 15 is 0 Å². The molecule has 0 aliphatic heterocycles. The monoisotopic (exact) mass is 337 g/mol. The summed E-state index contributed by atoms with van der Waals surface area (Å²) in [6.45, 7) is 2.55. The van der Waals surface area contributed by atoms with Gasteiger partial charge in [0, 0.05) is 22.6 Å². The van der Waals surface area contributed by atoms with Gasteiger partial charge in [-0.15, -0.1) is 0 Å². The number of hydrogen-bond acceptors (Lipinski definition) is 2. The van der Waals surface area contributed by atoms with Crippen LogP contribution in [0.1, 0.15) is 18.1 Å². The van der Waals surface area contributed by atoms with Crippen molar-refractivity contribution >= 4 is 15.9 Å². The Bertz CT molecular complexity index is 571. The Kier molecular flexibility index (Phi) is 5.15. The van der Waals surface area contributed by atoms with E-state index in [1.165, 1.54) is 6.07 Å². The Balaban J connectivity index is 1.90. The smallest absolute Gasteiger partial charge is 0.127 e. The molecule has 0 amide bonds. The van der Waals surface area contributed by atoms with Gasteiger partial charge in [0.05, 0.1) is 0 Å². The Morgan fingerprint density at radius 3 is 2.60 bits per heavy atom. The first-order chi connectivity index (χ1) is 9.54. The number of rotatable bonds is 5. The van der Waals surface area contributed by atoms with Gasteiger partial charge in [0.25, 0.3) is 0 Å². The molecule has 106 valence electrons. The van der Waals surface area contributed by atoms with Gasteiger partial charge in [0.2, 0.25) is 0 Å². The van der Waals surface area contributed by atoms with Crippen molar-refractivity contribution in [1.29, 1.82) is 0 Å². The standard InChI is InChI=1S/C16H17BrFNO/c1-11(8-12-2-5-15(20)6-3-12)19-10-13-9-14(17)4-7-16(13)18/h2-7,9,11,19-20H,8,10H2,1H3. The topological polar surface area (TPSA) is 32.3 Å². The summed E-state index contributed by atoms with van der Waals surface area (Å²) in [6, 6.07) is 12.3. The largest absolute Gasteiger partial charge is 0.508 e. The van der Waals surface area contributed by atoms with Gasteiger partial charge in [-0.2, -0.15) is 0 Å². The second-order valence-corrected chi connectivity index (χ2v) is 5.80. The number of aromatic hydroxyl groups is 1. The van der Waals surface area contributed by atoms with Crippen LogP contribution >= 0.6 is 15.9 Å². The van der Waals surface area contributed by atoms with E-state index in [-0.39, 0.29) is 17.6 Å². The lowest BCUT2D eigenvalue weighted by Gasteiger charge is -2.14. The van der Waals surface area contributed by atoms with Gasteiger partial charge in [0.1, 0.15) is 11.6 Å². The molecular formula is C16H17BrFNO. The quantitative estimate of drug-likeness (QED) is 0.863. The van der Waals surface area contributed by atoms with Crippen LogP contribution in [0, 0.1) is 5.82 Å². The van der Waals surface area contributed by atoms with E-state index in [1.54, 1.807) is 24.3 Å². The van der Waals surface area contributed by atoms with Crippen molar-refractivity contribution in [2.75, 3.05) is 0 Å². The van der Waals surface area contributed by atoms with E-state index < -0.39 is 0 Å². The average Bonchev–Trinajstić information content (AvgIpc) is 2.42. The Morgan fingerprint density at radius 1 is 1.20 bits per heavy atom. The molecule has 2 rings (SSSR count). The summed E-state index contributed by atoms with van der Waals surface area (Å²) in [4.78, 5) is 0. The highest BCUT2D eigenvalue weighted by molar-refractivity contribution is 9.10. The fourth-order valence-electron chi connectivity index (χ4n) is 2.02. The third-order valence-electron chi connectivity index (χ3n) is 3.13. The fourth-order valence-corrected chi connectivity index (χ4v) is 2.43. The summed E-state index contributed by atoms with van der Waals surface area (Å²) in [5.41, 5.74) is 1.79. The van der Waals surface area contributed by atoms with Crippen molar-refractivity contribution in [3.63, 3.8) is 0 Å². The molecule has 0 saturated carbocycles. The maximum atomic E-state index is 13.6. The van der Waals surface area contributed by atoms with Crippen LogP contribution in [0.5, 0.6) is 5.75 Å². The van der Waals surface area contributed by atoms with Gasteiger partial charge in [-0.3, -0.25) is 0 Å². The lowest BCUT2D eigenvalue weighted by atomic mass is 10.1. The Morgan fingerprint density at radius 2 is 1.90 bits per heavy atom. The van der Waals surface area contributed by atoms with Gasteiger partial charge in [-0.1, -0.05) is 28.1 Å². The number of phenolic OH excluding ortho intramolecular Hbond substituents is 1. The third kappa shape index (κ3) is 4.32. The minimum Gasteiger partial charge on any atom is -0.508 e. The van der Waals surface area contributed by atoms with E-state index in [0.29, 0.717) is 12.1 Å². The Hall–Kier alpha value is -1.39. The van der Waals surface area contributed by atoms with Crippen LogP contribution in [0.2, 0.25) is 0 Å². The summed E-state index contributed by atoms with van der Waals surface area (Å²) >= 11 is 3.35. The molecule has 20 heavy (non-hydrogen) atoms. The average molecular weight is 338 g/mol. The minimum absolute atomic E-state index is 0.197. The molecule has 0 heterocycles. The zero-order valence-electron chi connectivity index (χ0n) is 11.2. The lowest BCUT2D eigenvalue weighted by molar-refractivity contribution is 0.474. The third-order valence-corrected chi connectivity index (χ3v) is 3.62. The molecule has 0 aliphatic carbocycles. The molecular weight excluding hydrogens is 321 g/mol. The lowest BCUT2D eigenvalue weighted by Crippen LogP contribution is -2.27. The van der Waals surface area contributed by atoms with Gasteiger partial charge >= 0.3 is 0 Å². The molecule has 1 unspecified atom stereocenters. The van der Waals surface area contributed by atoms with Crippen LogP contribution in [-0.2, 0) is 13.0 Å². The van der Waals surface area contributed by atoms with Crippen molar-refractivity contribution in [1.82, 2.24) is 5.32 Å². The van der Waals surface area contributed by atoms with Crippen LogP contribution in [0.15, 0.2) is 46.9 Å². The van der Waals surface area contributed by atoms with Crippen LogP contribution in [0.3, 0.4) is 0 Å². The minimum atomic E-state index is -0.197. The number of benzene rings is 2. The zero-order valence-corrected chi connectivity index (χ0v) is 12.8. The molecule has 1 atom stereocenters. The number of halogens is 2. The fraction of sp³-hybridized carbons (Fsp3) is 0.250. The second kappa shape index (κ2) is 6.86. The number of phenols is 1. The zero-order chi connectivity index (χ0) is 14.5. The molecule has 4 heteroatoms. The van der Waals surface area contributed by atoms with Crippen molar-refractivity contribution in [3.05, 3.63) is 63.9 Å². The van der Waals surface area contributed by atoms with E-state index in [1.807, 2.05) is 12.1 Å². The maximum absolute atomic E-state index is 13.6. The van der Waals surface area contributed by atoms with E-state index in [2.05, 4.69) is 28.2 Å².